The number of benzene rings is 2. The third kappa shape index (κ3) is 6.85. The van der Waals surface area contributed by atoms with E-state index < -0.39 is 29.7 Å². The number of carbonyl (C=O) groups excluding carboxylic acids is 1. The summed E-state index contributed by atoms with van der Waals surface area (Å²) in [6.45, 7) is 2.72. The van der Waals surface area contributed by atoms with E-state index in [1.165, 1.54) is 30.6 Å². The van der Waals surface area contributed by atoms with Crippen LogP contribution >= 0.6 is 11.3 Å². The number of hydrogen-bond acceptors (Lipinski definition) is 5. The van der Waals surface area contributed by atoms with Crippen LogP contribution in [0.5, 0.6) is 5.06 Å². The number of thiophene rings is 1. The summed E-state index contributed by atoms with van der Waals surface area (Å²) in [6, 6.07) is 13.7. The average molecular weight is 461 g/mol. The second-order valence-corrected chi connectivity index (χ2v) is 8.62. The molecule has 0 radical (unpaired) electrons. The van der Waals surface area contributed by atoms with Crippen molar-refractivity contribution in [2.24, 2.45) is 0 Å². The summed E-state index contributed by atoms with van der Waals surface area (Å²) >= 11 is 1.17. The van der Waals surface area contributed by atoms with Crippen LogP contribution in [0.25, 0.3) is 0 Å². The monoisotopic (exact) mass is 460 g/mol. The van der Waals surface area contributed by atoms with Gasteiger partial charge in [-0.05, 0) is 48.7 Å². The second-order valence-electron chi connectivity index (χ2n) is 7.57. The Morgan fingerprint density at radius 1 is 1.09 bits per heavy atom. The van der Waals surface area contributed by atoms with Crippen molar-refractivity contribution in [3.05, 3.63) is 87.8 Å². The normalized spacial score (nSPS) is 12.9. The fraction of sp³-hybridized carbons (Fsp3) is 0.292. The third-order valence-electron chi connectivity index (χ3n) is 4.93. The van der Waals surface area contributed by atoms with Crippen LogP contribution in [0.4, 0.5) is 8.78 Å². The van der Waals surface area contributed by atoms with Crippen molar-refractivity contribution in [3.8, 4) is 5.06 Å². The molecule has 0 saturated carbocycles. The third-order valence-corrected chi connectivity index (χ3v) is 5.98. The fourth-order valence-electron chi connectivity index (χ4n) is 3.39. The molecule has 2 aromatic carbocycles. The first-order chi connectivity index (χ1) is 15.3. The van der Waals surface area contributed by atoms with Gasteiger partial charge in [-0.15, -0.1) is 0 Å². The lowest BCUT2D eigenvalue weighted by Crippen LogP contribution is -2.48. The molecule has 3 rings (SSSR count). The van der Waals surface area contributed by atoms with Crippen LogP contribution in [-0.2, 0) is 13.0 Å². The van der Waals surface area contributed by atoms with Crippen LogP contribution in [0, 0.1) is 18.6 Å². The summed E-state index contributed by atoms with van der Waals surface area (Å²) in [5, 5.41) is 17.4. The minimum absolute atomic E-state index is 0.0657. The summed E-state index contributed by atoms with van der Waals surface area (Å²) in [7, 11) is 1.51. The van der Waals surface area contributed by atoms with E-state index in [0.717, 1.165) is 17.2 Å². The zero-order chi connectivity index (χ0) is 23.1. The highest BCUT2D eigenvalue weighted by Crippen LogP contribution is 2.24. The predicted molar refractivity (Wildman–Crippen MR) is 121 cm³/mol. The van der Waals surface area contributed by atoms with Crippen LogP contribution in [0.1, 0.15) is 26.4 Å². The molecule has 1 aromatic heterocycles. The number of amides is 1. The first-order valence-electron chi connectivity index (χ1n) is 10.2. The van der Waals surface area contributed by atoms with Gasteiger partial charge in [0.1, 0.15) is 11.6 Å². The molecule has 0 fully saturated rings. The van der Waals surface area contributed by atoms with Gasteiger partial charge in [-0.25, -0.2) is 8.78 Å². The zero-order valence-corrected chi connectivity index (χ0v) is 18.7. The van der Waals surface area contributed by atoms with E-state index >= 15 is 0 Å². The Bertz CT molecular complexity index is 1040. The minimum atomic E-state index is -0.989. The lowest BCUT2D eigenvalue weighted by Gasteiger charge is -2.25. The highest BCUT2D eigenvalue weighted by atomic mass is 32.1. The SMILES string of the molecule is COc1ccc(C(=O)N[C@@H](Cc2cc(F)cc(F)c2)[C@H](O)CNCc2cccc(C)c2)s1. The highest BCUT2D eigenvalue weighted by Gasteiger charge is 2.23. The van der Waals surface area contributed by atoms with Gasteiger partial charge in [0.15, 0.2) is 5.06 Å². The van der Waals surface area contributed by atoms with Gasteiger partial charge in [0.05, 0.1) is 24.1 Å². The molecule has 8 heteroatoms. The molecule has 5 nitrogen and oxygen atoms in total. The predicted octanol–water partition coefficient (Wildman–Crippen LogP) is 3.84. The Kier molecular flexibility index (Phi) is 8.33. The molecule has 0 aliphatic carbocycles. The Morgan fingerprint density at radius 2 is 1.84 bits per heavy atom. The number of aliphatic hydroxyl groups is 1. The van der Waals surface area contributed by atoms with Crippen molar-refractivity contribution in [1.82, 2.24) is 10.6 Å². The van der Waals surface area contributed by atoms with E-state index in [1.54, 1.807) is 12.1 Å². The van der Waals surface area contributed by atoms with Gasteiger partial charge >= 0.3 is 0 Å². The van der Waals surface area contributed by atoms with Gasteiger partial charge in [0, 0.05) is 19.2 Å². The number of hydrogen-bond donors (Lipinski definition) is 3. The molecule has 0 unspecified atom stereocenters. The Balaban J connectivity index is 1.69. The summed E-state index contributed by atoms with van der Waals surface area (Å²) in [5.41, 5.74) is 2.54. The van der Waals surface area contributed by atoms with Crippen LogP contribution < -0.4 is 15.4 Å². The first kappa shape index (κ1) is 23.8. The van der Waals surface area contributed by atoms with Gasteiger partial charge in [0.25, 0.3) is 5.91 Å². The van der Waals surface area contributed by atoms with E-state index in [4.69, 9.17) is 4.74 Å². The number of rotatable bonds is 10. The largest absolute Gasteiger partial charge is 0.487 e. The molecule has 3 aromatic rings. The van der Waals surface area contributed by atoms with Crippen molar-refractivity contribution in [2.75, 3.05) is 13.7 Å². The Morgan fingerprint density at radius 3 is 2.50 bits per heavy atom. The van der Waals surface area contributed by atoms with Crippen molar-refractivity contribution in [2.45, 2.75) is 32.0 Å². The topological polar surface area (TPSA) is 70.6 Å². The number of methoxy groups -OCH3 is 1. The quantitative estimate of drug-likeness (QED) is 0.430. The summed E-state index contributed by atoms with van der Waals surface area (Å²) in [6.07, 6.45) is -0.923. The Labute approximate surface area is 190 Å². The Hall–Kier alpha value is -2.81. The summed E-state index contributed by atoms with van der Waals surface area (Å²) in [4.78, 5) is 13.1. The lowest BCUT2D eigenvalue weighted by atomic mass is 10.0. The maximum Gasteiger partial charge on any atom is 0.261 e. The maximum absolute atomic E-state index is 13.7. The standard InChI is InChI=1S/C24H26F2N2O3S/c1-15-4-3-5-16(8-15)13-27-14-21(29)20(11-17-9-18(25)12-19(26)10-17)28-24(30)22-6-7-23(31-2)32-22/h3-10,12,20-21,27,29H,11,13-14H2,1-2H3,(H,28,30)/t20-,21+/m0/s1. The van der Waals surface area contributed by atoms with Gasteiger partial charge in [-0.2, -0.15) is 0 Å². The van der Waals surface area contributed by atoms with Crippen molar-refractivity contribution in [3.63, 3.8) is 0 Å². The first-order valence-corrected chi connectivity index (χ1v) is 11.0. The van der Waals surface area contributed by atoms with Crippen LogP contribution in [0.15, 0.2) is 54.6 Å². The molecule has 0 aliphatic rings. The summed E-state index contributed by atoms with van der Waals surface area (Å²) < 4.78 is 32.4. The van der Waals surface area contributed by atoms with Gasteiger partial charge in [0.2, 0.25) is 0 Å². The van der Waals surface area contributed by atoms with Gasteiger partial charge < -0.3 is 20.5 Å². The van der Waals surface area contributed by atoms with Crippen molar-refractivity contribution >= 4 is 17.2 Å². The average Bonchev–Trinajstić information content (AvgIpc) is 3.22. The molecule has 0 aliphatic heterocycles. The fourth-order valence-corrected chi connectivity index (χ4v) is 4.11. The van der Waals surface area contributed by atoms with Gasteiger partial charge in [-0.3, -0.25) is 4.79 Å². The van der Waals surface area contributed by atoms with E-state index in [1.807, 2.05) is 31.2 Å². The number of aryl methyl sites for hydroxylation is 1. The van der Waals surface area contributed by atoms with E-state index in [2.05, 4.69) is 10.6 Å². The van der Waals surface area contributed by atoms with E-state index in [-0.39, 0.29) is 13.0 Å². The van der Waals surface area contributed by atoms with Crippen LogP contribution in [-0.4, -0.2) is 36.8 Å². The maximum atomic E-state index is 13.7. The molecule has 1 amide bonds. The molecular formula is C24H26F2N2O3S. The number of carbonyl (C=O) groups is 1. The van der Waals surface area contributed by atoms with E-state index in [0.29, 0.717) is 22.0 Å². The highest BCUT2D eigenvalue weighted by molar-refractivity contribution is 7.15. The van der Waals surface area contributed by atoms with Crippen LogP contribution in [0.3, 0.4) is 0 Å². The van der Waals surface area contributed by atoms with Crippen molar-refractivity contribution < 1.29 is 23.4 Å². The molecule has 0 spiro atoms. The number of nitrogens with one attached hydrogen (secondary N) is 2. The van der Waals surface area contributed by atoms with E-state index in [9.17, 15) is 18.7 Å². The number of ether oxygens (including phenoxy) is 1. The zero-order valence-electron chi connectivity index (χ0n) is 17.9. The molecule has 3 N–H and O–H groups in total. The van der Waals surface area contributed by atoms with Gasteiger partial charge in [-0.1, -0.05) is 41.2 Å². The minimum Gasteiger partial charge on any atom is -0.487 e. The number of aliphatic hydroxyl groups excluding tert-OH is 1. The van der Waals surface area contributed by atoms with Crippen LogP contribution in [0.2, 0.25) is 0 Å². The molecule has 32 heavy (non-hydrogen) atoms. The molecule has 170 valence electrons. The second kappa shape index (κ2) is 11.2. The molecule has 2 atom stereocenters. The number of halogens is 2. The summed E-state index contributed by atoms with van der Waals surface area (Å²) in [5.74, 6) is -1.81. The smallest absolute Gasteiger partial charge is 0.261 e. The molecule has 0 saturated heterocycles. The lowest BCUT2D eigenvalue weighted by molar-refractivity contribution is 0.0833. The molecular weight excluding hydrogens is 434 g/mol. The van der Waals surface area contributed by atoms with Crippen molar-refractivity contribution in [1.29, 1.82) is 0 Å². The molecule has 1 heterocycles. The molecule has 0 bridgehead atoms.